The molecule has 244 valence electrons. The van der Waals surface area contributed by atoms with E-state index >= 15 is 0 Å². The molecule has 0 amide bonds. The molecular weight excluding hydrogens is 655 g/mol. The minimum atomic E-state index is 0.844. The zero-order chi connectivity index (χ0) is 34.2. The van der Waals surface area contributed by atoms with Gasteiger partial charge in [0, 0.05) is 58.7 Å². The fourth-order valence-electron chi connectivity index (χ4n) is 7.91. The van der Waals surface area contributed by atoms with E-state index in [-0.39, 0.29) is 0 Å². The maximum Gasteiger partial charge on any atom is 0.159 e. The van der Waals surface area contributed by atoms with Gasteiger partial charge in [-0.05, 0) is 71.3 Å². The van der Waals surface area contributed by atoms with E-state index in [0.717, 1.165) is 72.1 Å². The molecule has 0 bridgehead atoms. The Morgan fingerprint density at radius 2 is 1.02 bits per heavy atom. The molecule has 0 N–H and O–H groups in total. The summed E-state index contributed by atoms with van der Waals surface area (Å²) in [6, 6.07) is 62.4. The summed E-state index contributed by atoms with van der Waals surface area (Å²) in [7, 11) is 0. The quantitative estimate of drug-likeness (QED) is 0.181. The van der Waals surface area contributed by atoms with Crippen LogP contribution >= 0.6 is 11.3 Å². The van der Waals surface area contributed by atoms with Gasteiger partial charge in [-0.1, -0.05) is 121 Å². The summed E-state index contributed by atoms with van der Waals surface area (Å²) in [6.07, 6.45) is 0. The highest BCUT2D eigenvalue weighted by Gasteiger charge is 2.22. The van der Waals surface area contributed by atoms with Crippen LogP contribution in [0.2, 0.25) is 0 Å². The molecule has 0 atom stereocenters. The molecule has 11 rings (SSSR count). The van der Waals surface area contributed by atoms with Gasteiger partial charge in [0.2, 0.25) is 0 Å². The van der Waals surface area contributed by atoms with Crippen molar-refractivity contribution in [3.05, 3.63) is 176 Å². The first-order valence-corrected chi connectivity index (χ1v) is 18.3. The molecule has 0 aliphatic carbocycles. The highest BCUT2D eigenvalue weighted by Crippen LogP contribution is 2.46. The number of rotatable bonds is 5. The van der Waals surface area contributed by atoms with Crippen LogP contribution < -0.4 is 4.90 Å². The molecule has 3 heterocycles. The van der Waals surface area contributed by atoms with Crippen molar-refractivity contribution in [2.45, 2.75) is 0 Å². The number of thiophene rings is 1. The molecule has 11 aromatic rings. The molecule has 0 unspecified atom stereocenters. The minimum absolute atomic E-state index is 0.844. The number of furan rings is 2. The Morgan fingerprint density at radius 1 is 0.385 bits per heavy atom. The Kier molecular flexibility index (Phi) is 6.42. The number of hydrogen-bond donors (Lipinski definition) is 0. The lowest BCUT2D eigenvalue weighted by Gasteiger charge is -2.26. The summed E-state index contributed by atoms with van der Waals surface area (Å²) < 4.78 is 15.8. The summed E-state index contributed by atoms with van der Waals surface area (Å²) in [5, 5.41) is 6.97. The monoisotopic (exact) mass is 683 g/mol. The SMILES string of the molecule is c1ccc(-c2cccc3c2oc2c(N(c4ccc(-c5cccc6sc7ccccc7c56)cc4)c4ccc5oc6ccccc6c5c4)cccc23)cc1. The van der Waals surface area contributed by atoms with Crippen LogP contribution in [-0.4, -0.2) is 0 Å². The van der Waals surface area contributed by atoms with Gasteiger partial charge in [0.05, 0.1) is 5.69 Å². The topological polar surface area (TPSA) is 29.5 Å². The average Bonchev–Trinajstić information content (AvgIpc) is 3.90. The highest BCUT2D eigenvalue weighted by atomic mass is 32.1. The maximum atomic E-state index is 6.95. The minimum Gasteiger partial charge on any atom is -0.456 e. The third-order valence-electron chi connectivity index (χ3n) is 10.3. The van der Waals surface area contributed by atoms with Crippen LogP contribution in [0, 0.1) is 0 Å². The number of hydrogen-bond acceptors (Lipinski definition) is 4. The van der Waals surface area contributed by atoms with Crippen LogP contribution in [-0.2, 0) is 0 Å². The van der Waals surface area contributed by atoms with Gasteiger partial charge in [-0.15, -0.1) is 11.3 Å². The number of anilines is 3. The summed E-state index contributed by atoms with van der Waals surface area (Å²) in [4.78, 5) is 2.32. The summed E-state index contributed by atoms with van der Waals surface area (Å²) >= 11 is 1.85. The molecule has 0 radical (unpaired) electrons. The lowest BCUT2D eigenvalue weighted by atomic mass is 9.99. The van der Waals surface area contributed by atoms with Crippen molar-refractivity contribution in [1.82, 2.24) is 0 Å². The molecule has 8 aromatic carbocycles. The van der Waals surface area contributed by atoms with Crippen molar-refractivity contribution in [2.24, 2.45) is 0 Å². The first kappa shape index (κ1) is 29.1. The van der Waals surface area contributed by atoms with Crippen LogP contribution in [0.4, 0.5) is 17.1 Å². The number of nitrogens with zero attached hydrogens (tertiary/aromatic N) is 1. The second kappa shape index (κ2) is 11.5. The lowest BCUT2D eigenvalue weighted by Crippen LogP contribution is -2.10. The summed E-state index contributed by atoms with van der Waals surface area (Å²) in [5.74, 6) is 0. The van der Waals surface area contributed by atoms with Gasteiger partial charge in [0.15, 0.2) is 5.58 Å². The van der Waals surface area contributed by atoms with Crippen LogP contribution in [0.3, 0.4) is 0 Å². The third kappa shape index (κ3) is 4.45. The normalized spacial score (nSPS) is 11.8. The molecule has 4 heteroatoms. The van der Waals surface area contributed by atoms with Gasteiger partial charge in [0.1, 0.15) is 16.7 Å². The zero-order valence-electron chi connectivity index (χ0n) is 27.9. The molecule has 52 heavy (non-hydrogen) atoms. The largest absolute Gasteiger partial charge is 0.456 e. The molecule has 0 saturated carbocycles. The lowest BCUT2D eigenvalue weighted by molar-refractivity contribution is 0.669. The molecule has 0 fully saturated rings. The molecule has 0 spiro atoms. The predicted octanol–water partition coefficient (Wildman–Crippen LogP) is 14.7. The van der Waals surface area contributed by atoms with Crippen molar-refractivity contribution < 1.29 is 8.83 Å². The van der Waals surface area contributed by atoms with Crippen LogP contribution in [0.1, 0.15) is 0 Å². The maximum absolute atomic E-state index is 6.95. The number of para-hydroxylation sites is 3. The van der Waals surface area contributed by atoms with Crippen LogP contribution in [0.25, 0.3) is 86.3 Å². The third-order valence-corrected chi connectivity index (χ3v) is 11.4. The van der Waals surface area contributed by atoms with Gasteiger partial charge < -0.3 is 13.7 Å². The van der Waals surface area contributed by atoms with Crippen molar-refractivity contribution in [3.63, 3.8) is 0 Å². The van der Waals surface area contributed by atoms with Crippen molar-refractivity contribution in [2.75, 3.05) is 4.90 Å². The summed E-state index contributed by atoms with van der Waals surface area (Å²) in [5.41, 5.74) is 11.1. The van der Waals surface area contributed by atoms with E-state index in [1.807, 2.05) is 29.5 Å². The Balaban J connectivity index is 1.13. The zero-order valence-corrected chi connectivity index (χ0v) is 28.7. The average molecular weight is 684 g/mol. The van der Waals surface area contributed by atoms with Crippen molar-refractivity contribution in [1.29, 1.82) is 0 Å². The van der Waals surface area contributed by atoms with Crippen molar-refractivity contribution in [3.8, 4) is 22.3 Å². The van der Waals surface area contributed by atoms with E-state index < -0.39 is 0 Å². The molecular formula is C48H29NO2S. The van der Waals surface area contributed by atoms with Crippen molar-refractivity contribution >= 4 is 92.4 Å². The van der Waals surface area contributed by atoms with E-state index in [2.05, 4.69) is 163 Å². The molecule has 0 saturated heterocycles. The van der Waals surface area contributed by atoms with Crippen LogP contribution in [0.5, 0.6) is 0 Å². The highest BCUT2D eigenvalue weighted by molar-refractivity contribution is 7.25. The predicted molar refractivity (Wildman–Crippen MR) is 219 cm³/mol. The Hall–Kier alpha value is -6.62. The second-order valence-electron chi connectivity index (χ2n) is 13.2. The molecule has 3 nitrogen and oxygen atoms in total. The van der Waals surface area contributed by atoms with E-state index in [9.17, 15) is 0 Å². The second-order valence-corrected chi connectivity index (χ2v) is 14.3. The first-order valence-electron chi connectivity index (χ1n) is 17.5. The Labute approximate surface area is 303 Å². The van der Waals surface area contributed by atoms with E-state index in [1.165, 1.54) is 31.3 Å². The standard InChI is InChI=1S/C48H29NO2S/c1-2-11-30(12-3-1)35-16-8-17-37-38-18-9-19-41(48(38)51-47(35)37)49(33-27-28-43-40(29-33)36-13-4-6-20-42(36)50-43)32-25-23-31(24-26-32)34-15-10-22-45-46(34)39-14-5-7-21-44(39)52-45/h1-29H. The Bertz CT molecular complexity index is 3130. The van der Waals surface area contributed by atoms with Gasteiger partial charge in [-0.3, -0.25) is 0 Å². The van der Waals surface area contributed by atoms with E-state index in [4.69, 9.17) is 8.83 Å². The van der Waals surface area contributed by atoms with Gasteiger partial charge in [0.25, 0.3) is 0 Å². The molecule has 0 aliphatic heterocycles. The number of fused-ring (bicyclic) bond motifs is 9. The smallest absolute Gasteiger partial charge is 0.159 e. The number of benzene rings is 8. The van der Waals surface area contributed by atoms with Gasteiger partial charge >= 0.3 is 0 Å². The van der Waals surface area contributed by atoms with Crippen LogP contribution in [0.15, 0.2) is 185 Å². The molecule has 0 aliphatic rings. The first-order chi connectivity index (χ1) is 25.8. The summed E-state index contributed by atoms with van der Waals surface area (Å²) in [6.45, 7) is 0. The van der Waals surface area contributed by atoms with E-state index in [0.29, 0.717) is 0 Å². The van der Waals surface area contributed by atoms with E-state index in [1.54, 1.807) is 0 Å². The fourth-order valence-corrected chi connectivity index (χ4v) is 9.04. The van der Waals surface area contributed by atoms with Gasteiger partial charge in [-0.2, -0.15) is 0 Å². The Morgan fingerprint density at radius 3 is 1.90 bits per heavy atom. The van der Waals surface area contributed by atoms with Gasteiger partial charge in [-0.25, -0.2) is 0 Å². The fraction of sp³-hybridized carbons (Fsp3) is 0. The molecule has 3 aromatic heterocycles.